The number of nitrogens with one attached hydrogen (secondary N) is 2. The summed E-state index contributed by atoms with van der Waals surface area (Å²) in [5.74, 6) is 0.192. The second-order valence-electron chi connectivity index (χ2n) is 8.10. The normalized spacial score (nSPS) is 11.2. The van der Waals surface area contributed by atoms with E-state index in [-0.39, 0.29) is 23.3 Å². The predicted molar refractivity (Wildman–Crippen MR) is 134 cm³/mol. The van der Waals surface area contributed by atoms with Gasteiger partial charge in [-0.1, -0.05) is 38.5 Å². The first-order chi connectivity index (χ1) is 16.5. The van der Waals surface area contributed by atoms with E-state index < -0.39 is 0 Å². The number of nitrogens with zero attached hydrogens (tertiary/aromatic N) is 2. The Bertz CT molecular complexity index is 847. The average Bonchev–Trinajstić information content (AvgIpc) is 2.83. The van der Waals surface area contributed by atoms with Crippen molar-refractivity contribution in [1.29, 1.82) is 0 Å². The molecule has 0 saturated heterocycles. The van der Waals surface area contributed by atoms with Gasteiger partial charge in [0.2, 0.25) is 11.8 Å². The van der Waals surface area contributed by atoms with Gasteiger partial charge >= 0.3 is 0 Å². The molecule has 0 aromatic heterocycles. The molecule has 34 heavy (non-hydrogen) atoms. The van der Waals surface area contributed by atoms with Crippen molar-refractivity contribution in [3.8, 4) is 11.5 Å². The molecule has 2 aromatic rings. The number of aromatic hydroxyl groups is 2. The first kappa shape index (κ1) is 26.6. The monoisotopic (exact) mass is 466 g/mol. The molecule has 0 aliphatic rings. The van der Waals surface area contributed by atoms with E-state index in [1.807, 2.05) is 0 Å². The Balaban J connectivity index is 1.38. The van der Waals surface area contributed by atoms with Crippen LogP contribution in [0.5, 0.6) is 11.5 Å². The molecule has 0 radical (unpaired) electrons. The minimum absolute atomic E-state index is 0.0966. The quantitative estimate of drug-likeness (QED) is 0.174. The molecule has 0 spiro atoms. The summed E-state index contributed by atoms with van der Waals surface area (Å²) in [6.07, 6.45) is 12.1. The molecule has 4 N–H and O–H groups in total. The number of benzene rings is 2. The molecule has 2 aromatic carbocycles. The SMILES string of the molecule is O=C(CCCCCCCCCCC(=O)N/N=C/c1ccc(O)cc1)N/N=C/c1ccc(O)cc1. The molecule has 0 atom stereocenters. The van der Waals surface area contributed by atoms with Crippen molar-refractivity contribution >= 4 is 24.2 Å². The second-order valence-corrected chi connectivity index (χ2v) is 8.10. The van der Waals surface area contributed by atoms with Crippen molar-refractivity contribution in [3.63, 3.8) is 0 Å². The number of carbonyl (C=O) groups is 2. The minimum Gasteiger partial charge on any atom is -0.508 e. The number of amides is 2. The van der Waals surface area contributed by atoms with Gasteiger partial charge in [-0.2, -0.15) is 10.2 Å². The van der Waals surface area contributed by atoms with E-state index in [2.05, 4.69) is 21.1 Å². The molecule has 0 fully saturated rings. The molecule has 2 rings (SSSR count). The van der Waals surface area contributed by atoms with Gasteiger partial charge in [0, 0.05) is 12.8 Å². The lowest BCUT2D eigenvalue weighted by atomic mass is 10.1. The molecular formula is C26H34N4O4. The van der Waals surface area contributed by atoms with Crippen LogP contribution >= 0.6 is 0 Å². The molecule has 0 heterocycles. The number of hydrazone groups is 2. The zero-order chi connectivity index (χ0) is 24.4. The van der Waals surface area contributed by atoms with Gasteiger partial charge in [-0.05, 0) is 72.5 Å². The van der Waals surface area contributed by atoms with E-state index in [0.717, 1.165) is 62.5 Å². The Kier molecular flexibility index (Phi) is 12.5. The van der Waals surface area contributed by atoms with Gasteiger partial charge in [-0.15, -0.1) is 0 Å². The van der Waals surface area contributed by atoms with Crippen molar-refractivity contribution in [1.82, 2.24) is 10.9 Å². The van der Waals surface area contributed by atoms with E-state index in [0.29, 0.717) is 12.8 Å². The maximum absolute atomic E-state index is 11.8. The summed E-state index contributed by atoms with van der Waals surface area (Å²) in [6, 6.07) is 13.1. The molecule has 2 amide bonds. The summed E-state index contributed by atoms with van der Waals surface area (Å²) in [6.45, 7) is 0. The lowest BCUT2D eigenvalue weighted by Crippen LogP contribution is -2.16. The third kappa shape index (κ3) is 12.4. The fraction of sp³-hybridized carbons (Fsp3) is 0.385. The molecule has 8 nitrogen and oxygen atoms in total. The van der Waals surface area contributed by atoms with Crippen LogP contribution in [0, 0.1) is 0 Å². The van der Waals surface area contributed by atoms with Crippen LogP contribution in [-0.2, 0) is 9.59 Å². The maximum atomic E-state index is 11.8. The van der Waals surface area contributed by atoms with Crippen molar-refractivity contribution in [2.45, 2.75) is 64.2 Å². The zero-order valence-corrected chi connectivity index (χ0v) is 19.4. The third-order valence-corrected chi connectivity index (χ3v) is 5.15. The third-order valence-electron chi connectivity index (χ3n) is 5.15. The summed E-state index contributed by atoms with van der Waals surface area (Å²) in [7, 11) is 0. The Hall–Kier alpha value is -3.68. The van der Waals surface area contributed by atoms with Crippen molar-refractivity contribution in [3.05, 3.63) is 59.7 Å². The highest BCUT2D eigenvalue weighted by molar-refractivity contribution is 5.83. The Morgan fingerprint density at radius 1 is 0.588 bits per heavy atom. The van der Waals surface area contributed by atoms with E-state index in [9.17, 15) is 19.8 Å². The molecule has 0 unspecified atom stereocenters. The van der Waals surface area contributed by atoms with Gasteiger partial charge in [0.1, 0.15) is 11.5 Å². The number of carbonyl (C=O) groups excluding carboxylic acids is 2. The number of hydrogen-bond acceptors (Lipinski definition) is 6. The highest BCUT2D eigenvalue weighted by Gasteiger charge is 2.01. The van der Waals surface area contributed by atoms with Gasteiger partial charge in [0.05, 0.1) is 12.4 Å². The van der Waals surface area contributed by atoms with E-state index in [4.69, 9.17) is 0 Å². The van der Waals surface area contributed by atoms with E-state index in [1.54, 1.807) is 61.0 Å². The average molecular weight is 467 g/mol. The number of unbranched alkanes of at least 4 members (excludes halogenated alkanes) is 7. The van der Waals surface area contributed by atoms with Gasteiger partial charge in [0.25, 0.3) is 0 Å². The van der Waals surface area contributed by atoms with Crippen LogP contribution in [0.1, 0.15) is 75.3 Å². The van der Waals surface area contributed by atoms with Crippen LogP contribution < -0.4 is 10.9 Å². The zero-order valence-electron chi connectivity index (χ0n) is 19.4. The van der Waals surface area contributed by atoms with Crippen LogP contribution in [0.4, 0.5) is 0 Å². The van der Waals surface area contributed by atoms with E-state index in [1.165, 1.54) is 0 Å². The summed E-state index contributed by atoms with van der Waals surface area (Å²) < 4.78 is 0. The number of phenolic OH excluding ortho intramolecular Hbond substituents is 2. The molecule has 8 heteroatoms. The fourth-order valence-corrected chi connectivity index (χ4v) is 3.22. The molecule has 0 saturated carbocycles. The largest absolute Gasteiger partial charge is 0.508 e. The summed E-state index contributed by atoms with van der Waals surface area (Å²) in [5.41, 5.74) is 6.65. The first-order valence-corrected chi connectivity index (χ1v) is 11.7. The van der Waals surface area contributed by atoms with Crippen LogP contribution in [0.3, 0.4) is 0 Å². The number of hydrogen-bond donors (Lipinski definition) is 4. The number of phenols is 2. The van der Waals surface area contributed by atoms with Gasteiger partial charge in [-0.3, -0.25) is 9.59 Å². The van der Waals surface area contributed by atoms with Crippen LogP contribution in [0.2, 0.25) is 0 Å². The topological polar surface area (TPSA) is 123 Å². The minimum atomic E-state index is -0.0966. The standard InChI is InChI=1S/C26H34N4O4/c31-23-15-11-21(12-16-23)19-27-29-25(33)9-7-5-3-1-2-4-6-8-10-26(34)30-28-20-22-13-17-24(32)18-14-22/h11-20,31-32H,1-10H2,(H,29,33)(H,30,34)/b27-19+,28-20+. The van der Waals surface area contributed by atoms with Crippen LogP contribution in [-0.4, -0.2) is 34.5 Å². The molecule has 182 valence electrons. The van der Waals surface area contributed by atoms with Gasteiger partial charge in [0.15, 0.2) is 0 Å². The van der Waals surface area contributed by atoms with Gasteiger partial charge < -0.3 is 10.2 Å². The highest BCUT2D eigenvalue weighted by Crippen LogP contribution is 2.11. The molecule has 0 aliphatic heterocycles. The summed E-state index contributed by atoms with van der Waals surface area (Å²) in [4.78, 5) is 23.6. The Morgan fingerprint density at radius 2 is 0.912 bits per heavy atom. The molecule has 0 bridgehead atoms. The van der Waals surface area contributed by atoms with Crippen LogP contribution in [0.25, 0.3) is 0 Å². The smallest absolute Gasteiger partial charge is 0.240 e. The second kappa shape index (κ2) is 16.0. The van der Waals surface area contributed by atoms with Crippen LogP contribution in [0.15, 0.2) is 58.7 Å². The lowest BCUT2D eigenvalue weighted by molar-refractivity contribution is -0.122. The van der Waals surface area contributed by atoms with Crippen molar-refractivity contribution in [2.75, 3.05) is 0 Å². The molecular weight excluding hydrogens is 432 g/mol. The maximum Gasteiger partial charge on any atom is 0.240 e. The molecule has 0 aliphatic carbocycles. The lowest BCUT2D eigenvalue weighted by Gasteiger charge is -2.03. The summed E-state index contributed by atoms with van der Waals surface area (Å²) >= 11 is 0. The van der Waals surface area contributed by atoms with Gasteiger partial charge in [-0.25, -0.2) is 10.9 Å². The first-order valence-electron chi connectivity index (χ1n) is 11.7. The fourth-order valence-electron chi connectivity index (χ4n) is 3.22. The summed E-state index contributed by atoms with van der Waals surface area (Å²) in [5, 5.41) is 26.3. The Labute approximate surface area is 200 Å². The predicted octanol–water partition coefficient (Wildman–Crippen LogP) is 4.60. The van der Waals surface area contributed by atoms with E-state index >= 15 is 0 Å². The number of rotatable bonds is 15. The van der Waals surface area contributed by atoms with Crippen molar-refractivity contribution < 1.29 is 19.8 Å². The highest BCUT2D eigenvalue weighted by atomic mass is 16.3. The van der Waals surface area contributed by atoms with Crippen molar-refractivity contribution in [2.24, 2.45) is 10.2 Å². The Morgan fingerprint density at radius 3 is 1.26 bits per heavy atom.